The first-order valence-electron chi connectivity index (χ1n) is 10.8. The molecule has 2 fully saturated rings. The first kappa shape index (κ1) is 21.4. The summed E-state index contributed by atoms with van der Waals surface area (Å²) in [5.74, 6) is 0.900. The van der Waals surface area contributed by atoms with E-state index in [9.17, 15) is 13.2 Å². The van der Waals surface area contributed by atoms with Crippen LogP contribution in [0, 0.1) is 5.92 Å². The maximum Gasteiger partial charge on any atom is 0.272 e. The molecular weight excluding hydrogens is 450 g/mol. The van der Waals surface area contributed by atoms with E-state index in [0.717, 1.165) is 36.0 Å². The van der Waals surface area contributed by atoms with E-state index in [-0.39, 0.29) is 22.0 Å². The zero-order valence-electron chi connectivity index (χ0n) is 17.7. The minimum absolute atomic E-state index is 0.0286. The second-order valence-electron chi connectivity index (χ2n) is 8.52. The molecule has 5 rings (SSSR count). The number of aromatic nitrogens is 5. The summed E-state index contributed by atoms with van der Waals surface area (Å²) in [6, 6.07) is 3.57. The maximum absolute atomic E-state index is 12.7. The van der Waals surface area contributed by atoms with Crippen molar-refractivity contribution in [3.05, 3.63) is 34.2 Å². The van der Waals surface area contributed by atoms with Gasteiger partial charge in [-0.2, -0.15) is 9.29 Å². The fourth-order valence-corrected chi connectivity index (χ4v) is 7.02. The van der Waals surface area contributed by atoms with Crippen molar-refractivity contribution >= 4 is 38.3 Å². The molecule has 1 N–H and O–H groups in total. The molecule has 1 saturated heterocycles. The van der Waals surface area contributed by atoms with Crippen LogP contribution in [0.5, 0.6) is 0 Å². The van der Waals surface area contributed by atoms with Crippen LogP contribution >= 0.6 is 11.3 Å². The van der Waals surface area contributed by atoms with Crippen LogP contribution in [0.1, 0.15) is 45.1 Å². The molecule has 2 atom stereocenters. The van der Waals surface area contributed by atoms with Crippen LogP contribution in [0.25, 0.3) is 11.0 Å². The standard InChI is InChI=1S/C20H25N7O3S2/c1-13-3-2-4-16(13)27-17(28)6-5-14-11-21-19(24-18(14)27)23-15-7-9-26(10-8-15)32(29,30)20-25-22-12-31-20/h5-6,11-13,15-16H,2-4,7-10H2,1H3,(H,21,23,24)/t13-,16+/m0/s1. The van der Waals surface area contributed by atoms with Crippen molar-refractivity contribution in [2.45, 2.75) is 55.5 Å². The number of hydrogen-bond donors (Lipinski definition) is 1. The van der Waals surface area contributed by atoms with Gasteiger partial charge in [0.1, 0.15) is 11.2 Å². The largest absolute Gasteiger partial charge is 0.351 e. The van der Waals surface area contributed by atoms with E-state index in [4.69, 9.17) is 4.98 Å². The van der Waals surface area contributed by atoms with Gasteiger partial charge in [0.2, 0.25) is 10.3 Å². The second-order valence-corrected chi connectivity index (χ2v) is 11.5. The molecule has 0 aromatic carbocycles. The average Bonchev–Trinajstić information content (AvgIpc) is 3.47. The van der Waals surface area contributed by atoms with E-state index in [0.29, 0.717) is 43.4 Å². The van der Waals surface area contributed by atoms with Crippen molar-refractivity contribution in [3.8, 4) is 0 Å². The molecule has 1 saturated carbocycles. The second kappa shape index (κ2) is 8.49. The zero-order valence-corrected chi connectivity index (χ0v) is 19.3. The highest BCUT2D eigenvalue weighted by Gasteiger charge is 2.32. The topological polar surface area (TPSA) is 123 Å². The van der Waals surface area contributed by atoms with Gasteiger partial charge >= 0.3 is 0 Å². The Morgan fingerprint density at radius 3 is 2.66 bits per heavy atom. The highest BCUT2D eigenvalue weighted by molar-refractivity contribution is 7.91. The fraction of sp³-hybridized carbons (Fsp3) is 0.550. The predicted octanol–water partition coefficient (Wildman–Crippen LogP) is 2.27. The van der Waals surface area contributed by atoms with Gasteiger partial charge in [-0.25, -0.2) is 13.4 Å². The highest BCUT2D eigenvalue weighted by atomic mass is 32.2. The monoisotopic (exact) mass is 475 g/mol. The Labute approximate surface area is 189 Å². The summed E-state index contributed by atoms with van der Waals surface area (Å²) in [4.78, 5) is 21.9. The van der Waals surface area contributed by atoms with Crippen molar-refractivity contribution < 1.29 is 8.42 Å². The Bertz CT molecular complexity index is 1270. The molecule has 0 spiro atoms. The number of pyridine rings is 1. The Balaban J connectivity index is 1.34. The molecule has 12 heteroatoms. The van der Waals surface area contributed by atoms with E-state index in [2.05, 4.69) is 27.4 Å². The molecule has 32 heavy (non-hydrogen) atoms. The summed E-state index contributed by atoms with van der Waals surface area (Å²) in [5, 5.41) is 11.5. The van der Waals surface area contributed by atoms with E-state index in [1.54, 1.807) is 18.3 Å². The number of rotatable bonds is 5. The van der Waals surface area contributed by atoms with Crippen molar-refractivity contribution in [3.63, 3.8) is 0 Å². The van der Waals surface area contributed by atoms with Crippen LogP contribution in [0.15, 0.2) is 33.0 Å². The molecule has 0 unspecified atom stereocenters. The van der Waals surface area contributed by atoms with Gasteiger partial charge in [0.25, 0.3) is 15.6 Å². The lowest BCUT2D eigenvalue weighted by atomic mass is 10.1. The van der Waals surface area contributed by atoms with Crippen LogP contribution in [0.2, 0.25) is 0 Å². The van der Waals surface area contributed by atoms with Crippen LogP contribution in [-0.2, 0) is 10.0 Å². The minimum Gasteiger partial charge on any atom is -0.351 e. The van der Waals surface area contributed by atoms with Gasteiger partial charge in [0.15, 0.2) is 0 Å². The van der Waals surface area contributed by atoms with E-state index in [1.807, 2.05) is 4.57 Å². The quantitative estimate of drug-likeness (QED) is 0.596. The Hall–Kier alpha value is -2.44. The average molecular weight is 476 g/mol. The highest BCUT2D eigenvalue weighted by Crippen LogP contribution is 2.35. The molecule has 0 amide bonds. The third kappa shape index (κ3) is 3.90. The summed E-state index contributed by atoms with van der Waals surface area (Å²) < 4.78 is 28.6. The maximum atomic E-state index is 12.7. The molecule has 0 bridgehead atoms. The van der Waals surface area contributed by atoms with Crippen molar-refractivity contribution in [1.82, 2.24) is 29.0 Å². The minimum atomic E-state index is -3.59. The molecule has 10 nitrogen and oxygen atoms in total. The van der Waals surface area contributed by atoms with Gasteiger partial charge in [-0.05, 0) is 37.7 Å². The van der Waals surface area contributed by atoms with E-state index >= 15 is 0 Å². The molecule has 1 aliphatic heterocycles. The number of sulfonamides is 1. The molecule has 2 aliphatic rings. The van der Waals surface area contributed by atoms with E-state index < -0.39 is 10.0 Å². The normalized spacial score (nSPS) is 23.0. The van der Waals surface area contributed by atoms with Crippen molar-refractivity contribution in [1.29, 1.82) is 0 Å². The summed E-state index contributed by atoms with van der Waals surface area (Å²) >= 11 is 1.03. The number of piperidine rings is 1. The van der Waals surface area contributed by atoms with Gasteiger partial charge in [-0.3, -0.25) is 9.36 Å². The van der Waals surface area contributed by atoms with Gasteiger partial charge < -0.3 is 5.32 Å². The summed E-state index contributed by atoms with van der Waals surface area (Å²) in [5.41, 5.74) is 2.05. The van der Waals surface area contributed by atoms with Gasteiger partial charge in [-0.1, -0.05) is 24.7 Å². The van der Waals surface area contributed by atoms with Crippen LogP contribution in [0.4, 0.5) is 5.95 Å². The van der Waals surface area contributed by atoms with Gasteiger partial charge in [0, 0.05) is 42.8 Å². The number of nitrogens with one attached hydrogen (secondary N) is 1. The Kier molecular flexibility index (Phi) is 5.68. The molecule has 3 aromatic rings. The van der Waals surface area contributed by atoms with Crippen molar-refractivity contribution in [2.24, 2.45) is 5.92 Å². The summed E-state index contributed by atoms with van der Waals surface area (Å²) in [6.45, 7) is 2.96. The smallest absolute Gasteiger partial charge is 0.272 e. The third-order valence-electron chi connectivity index (χ3n) is 6.50. The summed E-state index contributed by atoms with van der Waals surface area (Å²) in [6.07, 6.45) is 6.21. The lowest BCUT2D eigenvalue weighted by Gasteiger charge is -2.30. The number of nitrogens with zero attached hydrogens (tertiary/aromatic N) is 6. The molecule has 1 aliphatic carbocycles. The van der Waals surface area contributed by atoms with Gasteiger partial charge in [0.05, 0.1) is 0 Å². The van der Waals surface area contributed by atoms with Crippen molar-refractivity contribution in [2.75, 3.05) is 18.4 Å². The SMILES string of the molecule is C[C@H]1CCC[C@H]1n1c(=O)ccc2cnc(NC3CCN(S(=O)(=O)c4nncs4)CC3)nc21. The predicted molar refractivity (Wildman–Crippen MR) is 121 cm³/mol. The molecule has 4 heterocycles. The number of fused-ring (bicyclic) bond motifs is 1. The lowest BCUT2D eigenvalue weighted by Crippen LogP contribution is -2.42. The van der Waals surface area contributed by atoms with Gasteiger partial charge in [-0.15, -0.1) is 10.2 Å². The van der Waals surface area contributed by atoms with E-state index in [1.165, 1.54) is 9.82 Å². The molecular formula is C20H25N7O3S2. The zero-order chi connectivity index (χ0) is 22.3. The Morgan fingerprint density at radius 2 is 1.97 bits per heavy atom. The number of anilines is 1. The molecule has 0 radical (unpaired) electrons. The van der Waals surface area contributed by atoms with Crippen LogP contribution in [0.3, 0.4) is 0 Å². The summed E-state index contributed by atoms with van der Waals surface area (Å²) in [7, 11) is -3.59. The first-order chi connectivity index (χ1) is 15.4. The molecule has 170 valence electrons. The number of hydrogen-bond acceptors (Lipinski definition) is 9. The van der Waals surface area contributed by atoms with Crippen LogP contribution < -0.4 is 10.9 Å². The third-order valence-corrected chi connectivity index (χ3v) is 9.47. The first-order valence-corrected chi connectivity index (χ1v) is 13.2. The Morgan fingerprint density at radius 1 is 1.16 bits per heavy atom. The fourth-order valence-electron chi connectivity index (χ4n) is 4.75. The molecule has 3 aromatic heterocycles. The lowest BCUT2D eigenvalue weighted by molar-refractivity contribution is 0.329. The van der Waals surface area contributed by atoms with Crippen LogP contribution in [-0.4, -0.2) is 56.6 Å².